The minimum atomic E-state index is -0.311. The van der Waals surface area contributed by atoms with Crippen molar-refractivity contribution >= 4 is 11.7 Å². The molecule has 0 radical (unpaired) electrons. The molecule has 1 aliphatic heterocycles. The number of nitrogens with zero attached hydrogens (tertiary/aromatic N) is 3. The van der Waals surface area contributed by atoms with Crippen LogP contribution in [-0.2, 0) is 4.79 Å². The lowest BCUT2D eigenvalue weighted by molar-refractivity contribution is -0.116. The van der Waals surface area contributed by atoms with Gasteiger partial charge in [0.1, 0.15) is 5.82 Å². The Labute approximate surface area is 173 Å². The highest BCUT2D eigenvalue weighted by atomic mass is 16.5. The zero-order chi connectivity index (χ0) is 21.4. The third kappa shape index (κ3) is 3.54. The van der Waals surface area contributed by atoms with Gasteiger partial charge in [-0.2, -0.15) is 14.9 Å². The summed E-state index contributed by atoms with van der Waals surface area (Å²) in [6.45, 7) is 5.79. The van der Waals surface area contributed by atoms with E-state index in [1.165, 1.54) is 10.7 Å². The molecule has 4 rings (SSSR count). The largest absolute Gasteiger partial charge is 0.493 e. The number of hydrogen-bond donors (Lipinski definition) is 2. The summed E-state index contributed by atoms with van der Waals surface area (Å²) < 4.78 is 12.9. The molecule has 0 spiro atoms. The molecule has 9 heteroatoms. The van der Waals surface area contributed by atoms with Crippen LogP contribution in [0, 0.1) is 6.92 Å². The van der Waals surface area contributed by atoms with Crippen LogP contribution in [0.3, 0.4) is 0 Å². The Bertz CT molecular complexity index is 1140. The monoisotopic (exact) mass is 409 g/mol. The Morgan fingerprint density at radius 2 is 1.97 bits per heavy atom. The van der Waals surface area contributed by atoms with E-state index >= 15 is 0 Å². The quantitative estimate of drug-likeness (QED) is 0.670. The van der Waals surface area contributed by atoms with Crippen LogP contribution in [0.15, 0.2) is 35.1 Å². The molecule has 0 bridgehead atoms. The van der Waals surface area contributed by atoms with Crippen molar-refractivity contribution in [2.45, 2.75) is 39.2 Å². The predicted octanol–water partition coefficient (Wildman–Crippen LogP) is 2.53. The molecule has 0 aliphatic carbocycles. The molecular weight excluding hydrogens is 386 g/mol. The van der Waals surface area contributed by atoms with Crippen LogP contribution in [0.25, 0.3) is 5.82 Å². The van der Waals surface area contributed by atoms with Crippen molar-refractivity contribution in [3.05, 3.63) is 57.5 Å². The lowest BCUT2D eigenvalue weighted by Crippen LogP contribution is -2.25. The molecule has 1 aromatic carbocycles. The van der Waals surface area contributed by atoms with Gasteiger partial charge >= 0.3 is 0 Å². The van der Waals surface area contributed by atoms with E-state index in [1.807, 2.05) is 39.0 Å². The number of methoxy groups -OCH3 is 1. The number of H-pyrrole nitrogens is 1. The number of anilines is 1. The van der Waals surface area contributed by atoms with Crippen LogP contribution in [-0.4, -0.2) is 39.1 Å². The summed E-state index contributed by atoms with van der Waals surface area (Å²) in [5.41, 5.74) is 2.29. The fourth-order valence-corrected chi connectivity index (χ4v) is 3.70. The first-order valence-corrected chi connectivity index (χ1v) is 9.67. The molecule has 0 saturated carbocycles. The third-order valence-electron chi connectivity index (χ3n) is 4.94. The van der Waals surface area contributed by atoms with Crippen LogP contribution in [0.2, 0.25) is 0 Å². The number of aryl methyl sites for hydroxylation is 1. The number of ether oxygens (including phenoxy) is 2. The van der Waals surface area contributed by atoms with Gasteiger partial charge in [0.2, 0.25) is 5.91 Å². The van der Waals surface area contributed by atoms with E-state index in [-0.39, 0.29) is 29.9 Å². The van der Waals surface area contributed by atoms with Crippen LogP contribution >= 0.6 is 0 Å². The zero-order valence-electron chi connectivity index (χ0n) is 17.2. The Morgan fingerprint density at radius 1 is 1.17 bits per heavy atom. The van der Waals surface area contributed by atoms with Crippen molar-refractivity contribution in [2.24, 2.45) is 0 Å². The standard InChI is InChI=1S/C21H23N5O4/c1-11(2)30-15-6-5-13(9-16(15)29-4)14-10-19(28)22-21-20(14)12(3)25-26(21)17-7-8-18(27)24-23-17/h5-9,11,14H,10H2,1-4H3,(H,22,28)(H,24,27). The van der Waals surface area contributed by atoms with Crippen LogP contribution in [0.4, 0.5) is 5.82 Å². The maximum absolute atomic E-state index is 12.5. The number of aromatic nitrogens is 4. The summed E-state index contributed by atoms with van der Waals surface area (Å²) in [7, 11) is 1.59. The highest BCUT2D eigenvalue weighted by Crippen LogP contribution is 2.42. The number of fused-ring (bicyclic) bond motifs is 1. The summed E-state index contributed by atoms with van der Waals surface area (Å²) in [4.78, 5) is 23.9. The van der Waals surface area contributed by atoms with Crippen LogP contribution < -0.4 is 20.3 Å². The highest BCUT2D eigenvalue weighted by molar-refractivity contribution is 5.95. The molecule has 1 amide bonds. The molecule has 9 nitrogen and oxygen atoms in total. The maximum atomic E-state index is 12.5. The lowest BCUT2D eigenvalue weighted by Gasteiger charge is -2.25. The van der Waals surface area contributed by atoms with Gasteiger partial charge in [0.25, 0.3) is 5.56 Å². The minimum Gasteiger partial charge on any atom is -0.493 e. The number of nitrogens with one attached hydrogen (secondary N) is 2. The summed E-state index contributed by atoms with van der Waals surface area (Å²) >= 11 is 0. The van der Waals surface area contributed by atoms with Crippen molar-refractivity contribution < 1.29 is 14.3 Å². The van der Waals surface area contributed by atoms with E-state index in [9.17, 15) is 9.59 Å². The van der Waals surface area contributed by atoms with Crippen molar-refractivity contribution in [2.75, 3.05) is 12.4 Å². The van der Waals surface area contributed by atoms with Gasteiger partial charge in [-0.3, -0.25) is 9.59 Å². The topological polar surface area (TPSA) is 111 Å². The summed E-state index contributed by atoms with van der Waals surface area (Å²) in [6, 6.07) is 8.64. The molecule has 0 saturated heterocycles. The number of benzene rings is 1. The third-order valence-corrected chi connectivity index (χ3v) is 4.94. The molecule has 2 N–H and O–H groups in total. The van der Waals surface area contributed by atoms with Gasteiger partial charge in [-0.05, 0) is 44.5 Å². The number of rotatable bonds is 5. The van der Waals surface area contributed by atoms with E-state index in [1.54, 1.807) is 13.2 Å². The summed E-state index contributed by atoms with van der Waals surface area (Å²) in [5, 5.41) is 13.9. The van der Waals surface area contributed by atoms with E-state index < -0.39 is 0 Å². The SMILES string of the molecule is COc1cc(C2CC(=O)Nc3c2c(C)nn3-c2ccc(=O)[nH]n2)ccc1OC(C)C. The van der Waals surface area contributed by atoms with Crippen molar-refractivity contribution in [1.82, 2.24) is 20.0 Å². The number of carbonyl (C=O) groups excluding carboxylic acids is 1. The van der Waals surface area contributed by atoms with E-state index in [2.05, 4.69) is 20.6 Å². The number of hydrogen-bond acceptors (Lipinski definition) is 6. The first-order valence-electron chi connectivity index (χ1n) is 9.67. The second kappa shape index (κ2) is 7.66. The molecule has 1 unspecified atom stereocenters. The van der Waals surface area contributed by atoms with Gasteiger partial charge in [-0.15, -0.1) is 0 Å². The summed E-state index contributed by atoms with van der Waals surface area (Å²) in [6.07, 6.45) is 0.300. The lowest BCUT2D eigenvalue weighted by atomic mass is 9.85. The number of carbonyl (C=O) groups is 1. The Kier molecular flexibility index (Phi) is 5.03. The second-order valence-electron chi connectivity index (χ2n) is 7.42. The molecule has 30 heavy (non-hydrogen) atoms. The Morgan fingerprint density at radius 3 is 2.63 bits per heavy atom. The molecule has 3 heterocycles. The molecule has 0 fully saturated rings. The first kappa shape index (κ1) is 19.7. The number of amides is 1. The van der Waals surface area contributed by atoms with Crippen molar-refractivity contribution in [3.63, 3.8) is 0 Å². The molecule has 2 aromatic heterocycles. The smallest absolute Gasteiger partial charge is 0.264 e. The normalized spacial score (nSPS) is 15.6. The fourth-order valence-electron chi connectivity index (χ4n) is 3.70. The molecular formula is C21H23N5O4. The van der Waals surface area contributed by atoms with Gasteiger partial charge < -0.3 is 14.8 Å². The fraction of sp³-hybridized carbons (Fsp3) is 0.333. The van der Waals surface area contributed by atoms with E-state index in [0.29, 0.717) is 23.1 Å². The second-order valence-corrected chi connectivity index (χ2v) is 7.42. The van der Waals surface area contributed by atoms with Crippen molar-refractivity contribution in [3.8, 4) is 17.3 Å². The maximum Gasteiger partial charge on any atom is 0.264 e. The van der Waals surface area contributed by atoms with Gasteiger partial charge in [0, 0.05) is 24.0 Å². The van der Waals surface area contributed by atoms with Crippen molar-refractivity contribution in [1.29, 1.82) is 0 Å². The Balaban J connectivity index is 1.80. The molecule has 1 atom stereocenters. The zero-order valence-corrected chi connectivity index (χ0v) is 17.2. The number of aromatic amines is 1. The summed E-state index contributed by atoms with van der Waals surface area (Å²) in [5.74, 6) is 1.91. The minimum absolute atomic E-state index is 0.0158. The van der Waals surface area contributed by atoms with Crippen LogP contribution in [0.1, 0.15) is 43.0 Å². The molecule has 3 aromatic rings. The van der Waals surface area contributed by atoms with E-state index in [4.69, 9.17) is 9.47 Å². The average Bonchev–Trinajstić information content (AvgIpc) is 3.04. The van der Waals surface area contributed by atoms with Gasteiger partial charge in [0.15, 0.2) is 17.3 Å². The van der Waals surface area contributed by atoms with Crippen LogP contribution in [0.5, 0.6) is 11.5 Å². The van der Waals surface area contributed by atoms with Gasteiger partial charge in [-0.25, -0.2) is 5.10 Å². The molecule has 156 valence electrons. The predicted molar refractivity (Wildman–Crippen MR) is 111 cm³/mol. The Hall–Kier alpha value is -3.62. The van der Waals surface area contributed by atoms with E-state index in [0.717, 1.165) is 16.8 Å². The van der Waals surface area contributed by atoms with Gasteiger partial charge in [-0.1, -0.05) is 6.07 Å². The highest BCUT2D eigenvalue weighted by Gasteiger charge is 2.33. The van der Waals surface area contributed by atoms with Gasteiger partial charge in [0.05, 0.1) is 18.9 Å². The first-order chi connectivity index (χ1) is 14.4. The molecule has 1 aliphatic rings. The average molecular weight is 409 g/mol.